The van der Waals surface area contributed by atoms with Crippen molar-refractivity contribution >= 4 is 11.6 Å². The number of rotatable bonds is 4. The van der Waals surface area contributed by atoms with E-state index in [9.17, 15) is 9.59 Å². The van der Waals surface area contributed by atoms with E-state index in [-0.39, 0.29) is 11.3 Å². The normalized spacial score (nSPS) is 18.1. The van der Waals surface area contributed by atoms with Gasteiger partial charge in [0.1, 0.15) is 18.2 Å². The predicted octanol–water partition coefficient (Wildman–Crippen LogP) is 3.85. The van der Waals surface area contributed by atoms with Gasteiger partial charge in [0.15, 0.2) is 5.78 Å². The maximum atomic E-state index is 12.8. The van der Waals surface area contributed by atoms with E-state index in [1.807, 2.05) is 54.6 Å². The topological polar surface area (TPSA) is 87.0 Å². The zero-order valence-electron chi connectivity index (χ0n) is 15.8. The third-order valence-corrected chi connectivity index (χ3v) is 5.56. The summed E-state index contributed by atoms with van der Waals surface area (Å²) in [6.07, 6.45) is 2.13. The molecule has 3 aromatic rings. The molecule has 1 aromatic heterocycles. The zero-order chi connectivity index (χ0) is 19.8. The number of nitrogens with one attached hydrogen (secondary N) is 3. The van der Waals surface area contributed by atoms with E-state index in [1.54, 1.807) is 0 Å². The Balaban J connectivity index is 1.53. The SMILES string of the molecule is O=C1CCCC2=C1C(c1cccc(OCc3ccccc3)c1)c1c([nH][nH]c1=O)N2. The van der Waals surface area contributed by atoms with Crippen molar-refractivity contribution in [2.75, 3.05) is 5.32 Å². The van der Waals surface area contributed by atoms with E-state index in [0.717, 1.165) is 29.7 Å². The summed E-state index contributed by atoms with van der Waals surface area (Å²) in [5, 5.41) is 8.81. The molecule has 3 N–H and O–H groups in total. The fourth-order valence-electron chi connectivity index (χ4n) is 4.22. The summed E-state index contributed by atoms with van der Waals surface area (Å²) in [5.41, 5.74) is 3.92. The van der Waals surface area contributed by atoms with E-state index in [4.69, 9.17) is 4.74 Å². The highest BCUT2D eigenvalue weighted by molar-refractivity contribution is 6.00. The van der Waals surface area contributed by atoms with Gasteiger partial charge in [-0.05, 0) is 36.1 Å². The minimum atomic E-state index is -0.399. The lowest BCUT2D eigenvalue weighted by Gasteiger charge is -2.31. The summed E-state index contributed by atoms with van der Waals surface area (Å²) >= 11 is 0. The van der Waals surface area contributed by atoms with Crippen LogP contribution < -0.4 is 15.6 Å². The molecule has 0 spiro atoms. The molecule has 0 fully saturated rings. The highest BCUT2D eigenvalue weighted by Crippen LogP contribution is 2.43. The van der Waals surface area contributed by atoms with Gasteiger partial charge < -0.3 is 10.1 Å². The van der Waals surface area contributed by atoms with Crippen LogP contribution >= 0.6 is 0 Å². The van der Waals surface area contributed by atoms with Crippen molar-refractivity contribution < 1.29 is 9.53 Å². The monoisotopic (exact) mass is 387 g/mol. The van der Waals surface area contributed by atoms with Crippen LogP contribution in [-0.4, -0.2) is 16.0 Å². The smallest absolute Gasteiger partial charge is 0.270 e. The number of hydrogen-bond acceptors (Lipinski definition) is 4. The Morgan fingerprint density at radius 1 is 0.966 bits per heavy atom. The van der Waals surface area contributed by atoms with Gasteiger partial charge in [-0.2, -0.15) is 0 Å². The van der Waals surface area contributed by atoms with Crippen LogP contribution in [-0.2, 0) is 11.4 Å². The number of aromatic nitrogens is 2. The second-order valence-electron chi connectivity index (χ2n) is 7.44. The Morgan fingerprint density at radius 3 is 2.69 bits per heavy atom. The van der Waals surface area contributed by atoms with E-state index in [1.165, 1.54) is 0 Å². The number of allylic oxidation sites excluding steroid dienone is 2. The van der Waals surface area contributed by atoms with Gasteiger partial charge in [-0.25, -0.2) is 0 Å². The lowest BCUT2D eigenvalue weighted by molar-refractivity contribution is -0.116. The molecule has 0 amide bonds. The minimum absolute atomic E-state index is 0.102. The number of Topliss-reactive ketones (excluding diaryl/α,β-unsaturated/α-hetero) is 1. The Hall–Kier alpha value is -3.54. The van der Waals surface area contributed by atoms with Gasteiger partial charge in [0, 0.05) is 23.6 Å². The number of carbonyl (C=O) groups is 1. The number of ether oxygens (including phenoxy) is 1. The van der Waals surface area contributed by atoms with Crippen molar-refractivity contribution in [2.45, 2.75) is 31.8 Å². The molecule has 0 saturated carbocycles. The second kappa shape index (κ2) is 7.13. The molecule has 1 atom stereocenters. The minimum Gasteiger partial charge on any atom is -0.489 e. The molecule has 2 heterocycles. The van der Waals surface area contributed by atoms with Crippen LogP contribution in [0.15, 0.2) is 70.7 Å². The van der Waals surface area contributed by atoms with Gasteiger partial charge in [-0.1, -0.05) is 42.5 Å². The Bertz CT molecular complexity index is 1160. The molecule has 6 heteroatoms. The number of fused-ring (bicyclic) bond motifs is 1. The Morgan fingerprint density at radius 2 is 1.83 bits per heavy atom. The van der Waals surface area contributed by atoms with Crippen LogP contribution in [0.5, 0.6) is 5.75 Å². The molecule has 0 bridgehead atoms. The van der Waals surface area contributed by atoms with Crippen LogP contribution in [0, 0.1) is 0 Å². The maximum absolute atomic E-state index is 12.8. The van der Waals surface area contributed by atoms with Crippen molar-refractivity contribution in [1.82, 2.24) is 10.2 Å². The average molecular weight is 387 g/mol. The van der Waals surface area contributed by atoms with Gasteiger partial charge in [0.05, 0.1) is 5.56 Å². The lowest BCUT2D eigenvalue weighted by atomic mass is 9.77. The first-order valence-electron chi connectivity index (χ1n) is 9.81. The molecule has 0 radical (unpaired) electrons. The maximum Gasteiger partial charge on any atom is 0.270 e. The number of ketones is 1. The summed E-state index contributed by atoms with van der Waals surface area (Å²) in [7, 11) is 0. The number of hydrogen-bond donors (Lipinski definition) is 3. The molecule has 1 aliphatic carbocycles. The first-order chi connectivity index (χ1) is 14.2. The van der Waals surface area contributed by atoms with Crippen molar-refractivity contribution in [3.8, 4) is 5.75 Å². The van der Waals surface area contributed by atoms with E-state index in [2.05, 4.69) is 15.5 Å². The number of H-pyrrole nitrogens is 2. The highest BCUT2D eigenvalue weighted by atomic mass is 16.5. The number of aromatic amines is 2. The van der Waals surface area contributed by atoms with Gasteiger partial charge >= 0.3 is 0 Å². The standard InChI is InChI=1S/C23H21N3O3/c27-18-11-5-10-17-20(18)19(21-22(24-17)25-26-23(21)28)15-8-4-9-16(12-15)29-13-14-6-2-1-3-7-14/h1-4,6-9,12,19H,5,10-11,13H2,(H3,24,25,26,28). The predicted molar refractivity (Wildman–Crippen MR) is 110 cm³/mol. The summed E-state index contributed by atoms with van der Waals surface area (Å²) in [6, 6.07) is 17.6. The second-order valence-corrected chi connectivity index (χ2v) is 7.44. The molecular weight excluding hydrogens is 366 g/mol. The summed E-state index contributed by atoms with van der Waals surface area (Å²) in [6.45, 7) is 0.458. The van der Waals surface area contributed by atoms with Crippen LogP contribution in [0.4, 0.5) is 5.82 Å². The van der Waals surface area contributed by atoms with E-state index in [0.29, 0.717) is 35.7 Å². The summed E-state index contributed by atoms with van der Waals surface area (Å²) in [5.74, 6) is 1.06. The molecule has 146 valence electrons. The van der Waals surface area contributed by atoms with Gasteiger partial charge in [-0.15, -0.1) is 0 Å². The molecule has 1 aliphatic heterocycles. The first-order valence-corrected chi connectivity index (χ1v) is 9.81. The largest absolute Gasteiger partial charge is 0.489 e. The van der Waals surface area contributed by atoms with E-state index < -0.39 is 5.92 Å². The van der Waals surface area contributed by atoms with Crippen LogP contribution in [0.25, 0.3) is 0 Å². The Kier molecular flexibility index (Phi) is 4.31. The summed E-state index contributed by atoms with van der Waals surface area (Å²) in [4.78, 5) is 25.3. The third-order valence-electron chi connectivity index (χ3n) is 5.56. The van der Waals surface area contributed by atoms with Crippen molar-refractivity contribution in [1.29, 1.82) is 0 Å². The zero-order valence-corrected chi connectivity index (χ0v) is 15.8. The average Bonchev–Trinajstić information content (AvgIpc) is 3.12. The summed E-state index contributed by atoms with van der Waals surface area (Å²) < 4.78 is 5.98. The fourth-order valence-corrected chi connectivity index (χ4v) is 4.22. The fraction of sp³-hybridized carbons (Fsp3) is 0.217. The number of carbonyl (C=O) groups excluding carboxylic acids is 1. The van der Waals surface area contributed by atoms with Crippen molar-refractivity contribution in [3.05, 3.63) is 92.9 Å². The van der Waals surface area contributed by atoms with Crippen LogP contribution in [0.3, 0.4) is 0 Å². The molecule has 2 aromatic carbocycles. The molecular formula is C23H21N3O3. The molecule has 2 aliphatic rings. The molecule has 5 rings (SSSR count). The molecule has 0 saturated heterocycles. The van der Waals surface area contributed by atoms with E-state index >= 15 is 0 Å². The number of anilines is 1. The Labute approximate surface area is 167 Å². The lowest BCUT2D eigenvalue weighted by Crippen LogP contribution is -2.29. The quantitative estimate of drug-likeness (QED) is 0.635. The van der Waals surface area contributed by atoms with Gasteiger partial charge in [-0.3, -0.25) is 19.8 Å². The van der Waals surface area contributed by atoms with Gasteiger partial charge in [0.25, 0.3) is 5.56 Å². The molecule has 6 nitrogen and oxygen atoms in total. The molecule has 1 unspecified atom stereocenters. The number of benzene rings is 2. The third kappa shape index (κ3) is 3.16. The van der Waals surface area contributed by atoms with Crippen LogP contribution in [0.2, 0.25) is 0 Å². The molecule has 29 heavy (non-hydrogen) atoms. The van der Waals surface area contributed by atoms with Crippen molar-refractivity contribution in [3.63, 3.8) is 0 Å². The van der Waals surface area contributed by atoms with Crippen LogP contribution in [0.1, 0.15) is 41.9 Å². The first kappa shape index (κ1) is 17.6. The highest BCUT2D eigenvalue weighted by Gasteiger charge is 2.37. The van der Waals surface area contributed by atoms with Crippen molar-refractivity contribution in [2.24, 2.45) is 0 Å². The van der Waals surface area contributed by atoms with Gasteiger partial charge in [0.2, 0.25) is 0 Å².